The van der Waals surface area contributed by atoms with Crippen molar-refractivity contribution in [3.8, 4) is 11.1 Å². The van der Waals surface area contributed by atoms with Crippen LogP contribution in [0.3, 0.4) is 0 Å². The quantitative estimate of drug-likeness (QED) is 0.494. The van der Waals surface area contributed by atoms with Gasteiger partial charge in [0.15, 0.2) is 0 Å². The van der Waals surface area contributed by atoms with Gasteiger partial charge in [0.2, 0.25) is 0 Å². The van der Waals surface area contributed by atoms with Crippen LogP contribution in [0, 0.1) is 0 Å². The van der Waals surface area contributed by atoms with Gasteiger partial charge >= 0.3 is 0 Å². The molecule has 0 spiro atoms. The number of aromatic nitrogens is 5. The van der Waals surface area contributed by atoms with Gasteiger partial charge in [-0.15, -0.1) is 0 Å². The van der Waals surface area contributed by atoms with E-state index >= 15 is 0 Å². The molecule has 29 heavy (non-hydrogen) atoms. The third kappa shape index (κ3) is 3.43. The summed E-state index contributed by atoms with van der Waals surface area (Å²) < 4.78 is 0. The van der Waals surface area contributed by atoms with E-state index in [2.05, 4.69) is 36.1 Å². The Labute approximate surface area is 177 Å². The summed E-state index contributed by atoms with van der Waals surface area (Å²) in [6.45, 7) is 1.77. The molecule has 1 atom stereocenters. The molecule has 0 saturated carbocycles. The number of nitrogens with zero attached hydrogens (tertiary/aromatic N) is 5. The molecule has 0 radical (unpaired) electrons. The van der Waals surface area contributed by atoms with Crippen molar-refractivity contribution in [2.75, 3.05) is 18.0 Å². The van der Waals surface area contributed by atoms with E-state index in [1.165, 1.54) is 0 Å². The lowest BCUT2D eigenvalue weighted by Crippen LogP contribution is -2.35. The number of anilines is 1. The molecule has 1 aliphatic rings. The zero-order chi connectivity index (χ0) is 19.8. The van der Waals surface area contributed by atoms with Crippen molar-refractivity contribution in [3.05, 3.63) is 64.9 Å². The predicted molar refractivity (Wildman–Crippen MR) is 116 cm³/mol. The molecule has 5 rings (SSSR count). The fourth-order valence-electron chi connectivity index (χ4n) is 4.04. The van der Waals surface area contributed by atoms with Crippen LogP contribution in [0.15, 0.2) is 49.1 Å². The lowest BCUT2D eigenvalue weighted by atomic mass is 9.96. The minimum atomic E-state index is 0.299. The van der Waals surface area contributed by atoms with Gasteiger partial charge in [0, 0.05) is 19.0 Å². The Hall–Kier alpha value is -2.70. The number of rotatable bonds is 3. The van der Waals surface area contributed by atoms with Gasteiger partial charge in [0.25, 0.3) is 0 Å². The van der Waals surface area contributed by atoms with Gasteiger partial charge in [-0.25, -0.2) is 15.0 Å². The van der Waals surface area contributed by atoms with Gasteiger partial charge in [-0.1, -0.05) is 41.4 Å². The molecular weight excluding hydrogens is 407 g/mol. The highest BCUT2D eigenvalue weighted by atomic mass is 35.5. The fourth-order valence-corrected chi connectivity index (χ4v) is 4.34. The van der Waals surface area contributed by atoms with Crippen LogP contribution in [0.5, 0.6) is 0 Å². The fraction of sp³-hybridized carbons (Fsp3) is 0.238. The molecule has 2 aromatic heterocycles. The summed E-state index contributed by atoms with van der Waals surface area (Å²) in [5, 5.41) is 9.12. The Morgan fingerprint density at radius 1 is 1.00 bits per heavy atom. The zero-order valence-corrected chi connectivity index (χ0v) is 17.0. The van der Waals surface area contributed by atoms with Crippen molar-refractivity contribution in [2.45, 2.75) is 18.8 Å². The Kier molecular flexibility index (Phi) is 4.81. The molecule has 1 unspecified atom stereocenters. The highest BCUT2D eigenvalue weighted by Gasteiger charge is 2.26. The highest BCUT2D eigenvalue weighted by molar-refractivity contribution is 6.42. The first-order chi connectivity index (χ1) is 14.2. The SMILES string of the molecule is Clc1ccc(-c2cccc3ncnc(N4CCCC(c5ncn[nH]5)C4)c23)cc1Cl. The predicted octanol–water partition coefficient (Wildman–Crippen LogP) is 5.11. The second-order valence-electron chi connectivity index (χ2n) is 7.18. The Morgan fingerprint density at radius 2 is 1.93 bits per heavy atom. The summed E-state index contributed by atoms with van der Waals surface area (Å²) in [6, 6.07) is 11.8. The minimum absolute atomic E-state index is 0.299. The van der Waals surface area contributed by atoms with Crippen molar-refractivity contribution >= 4 is 39.9 Å². The number of benzene rings is 2. The minimum Gasteiger partial charge on any atom is -0.355 e. The average molecular weight is 425 g/mol. The maximum Gasteiger partial charge on any atom is 0.140 e. The number of hydrogen-bond donors (Lipinski definition) is 1. The lowest BCUT2D eigenvalue weighted by Gasteiger charge is -2.33. The number of hydrogen-bond acceptors (Lipinski definition) is 5. The molecule has 146 valence electrons. The second-order valence-corrected chi connectivity index (χ2v) is 8.00. The lowest BCUT2D eigenvalue weighted by molar-refractivity contribution is 0.490. The topological polar surface area (TPSA) is 70.6 Å². The van der Waals surface area contributed by atoms with Crippen LogP contribution in [-0.4, -0.2) is 38.2 Å². The van der Waals surface area contributed by atoms with E-state index in [1.807, 2.05) is 30.3 Å². The average Bonchev–Trinajstić information content (AvgIpc) is 3.30. The molecule has 0 bridgehead atoms. The Morgan fingerprint density at radius 3 is 2.76 bits per heavy atom. The van der Waals surface area contributed by atoms with Crippen LogP contribution >= 0.6 is 23.2 Å². The van der Waals surface area contributed by atoms with Crippen molar-refractivity contribution in [1.82, 2.24) is 25.1 Å². The summed E-state index contributed by atoms with van der Waals surface area (Å²) in [4.78, 5) is 15.9. The molecule has 0 aliphatic carbocycles. The molecule has 1 N–H and O–H groups in total. The van der Waals surface area contributed by atoms with Crippen molar-refractivity contribution in [2.24, 2.45) is 0 Å². The van der Waals surface area contributed by atoms with Gasteiger partial charge < -0.3 is 4.90 Å². The van der Waals surface area contributed by atoms with E-state index < -0.39 is 0 Å². The molecule has 3 heterocycles. The maximum atomic E-state index is 6.29. The van der Waals surface area contributed by atoms with Gasteiger partial charge in [0.1, 0.15) is 24.3 Å². The van der Waals surface area contributed by atoms with E-state index in [4.69, 9.17) is 23.2 Å². The standard InChI is InChI=1S/C21H18Cl2N6/c22-16-7-6-13(9-17(16)23)15-4-1-5-18-19(15)21(26-11-24-18)29-8-2-3-14(10-29)20-25-12-27-28-20/h1,4-7,9,11-12,14H,2-3,8,10H2,(H,25,27,28). The molecule has 4 aromatic rings. The second kappa shape index (κ2) is 7.61. The highest BCUT2D eigenvalue weighted by Crippen LogP contribution is 2.37. The van der Waals surface area contributed by atoms with E-state index in [9.17, 15) is 0 Å². The van der Waals surface area contributed by atoms with Gasteiger partial charge in [-0.3, -0.25) is 5.10 Å². The third-order valence-corrected chi connectivity index (χ3v) is 6.15. The molecule has 6 nitrogen and oxygen atoms in total. The van der Waals surface area contributed by atoms with Crippen LogP contribution in [0.1, 0.15) is 24.6 Å². The maximum absolute atomic E-state index is 6.29. The molecule has 1 saturated heterocycles. The molecule has 8 heteroatoms. The van der Waals surface area contributed by atoms with E-state index in [1.54, 1.807) is 12.7 Å². The van der Waals surface area contributed by atoms with Crippen molar-refractivity contribution in [1.29, 1.82) is 0 Å². The number of piperidine rings is 1. The Balaban J connectivity index is 1.62. The molecule has 1 aliphatic heterocycles. The zero-order valence-electron chi connectivity index (χ0n) is 15.5. The van der Waals surface area contributed by atoms with E-state index in [-0.39, 0.29) is 0 Å². The largest absolute Gasteiger partial charge is 0.355 e. The van der Waals surface area contributed by atoms with E-state index in [0.717, 1.165) is 59.6 Å². The molecular formula is C21H18Cl2N6. The number of fused-ring (bicyclic) bond motifs is 1. The van der Waals surface area contributed by atoms with Crippen LogP contribution in [0.25, 0.3) is 22.0 Å². The first-order valence-corrected chi connectivity index (χ1v) is 10.3. The van der Waals surface area contributed by atoms with Gasteiger partial charge in [-0.2, -0.15) is 5.10 Å². The first-order valence-electron chi connectivity index (χ1n) is 9.50. The molecule has 2 aromatic carbocycles. The van der Waals surface area contributed by atoms with E-state index in [0.29, 0.717) is 16.0 Å². The molecule has 0 amide bonds. The van der Waals surface area contributed by atoms with Crippen molar-refractivity contribution in [3.63, 3.8) is 0 Å². The van der Waals surface area contributed by atoms with Crippen LogP contribution in [0.4, 0.5) is 5.82 Å². The number of aromatic amines is 1. The molecule has 1 fully saturated rings. The Bertz CT molecular complexity index is 1160. The number of nitrogens with one attached hydrogen (secondary N) is 1. The number of halogens is 2. The van der Waals surface area contributed by atoms with Gasteiger partial charge in [-0.05, 0) is 42.2 Å². The van der Waals surface area contributed by atoms with Crippen molar-refractivity contribution < 1.29 is 0 Å². The summed E-state index contributed by atoms with van der Waals surface area (Å²) >= 11 is 12.4. The van der Waals surface area contributed by atoms with Crippen LogP contribution in [-0.2, 0) is 0 Å². The monoisotopic (exact) mass is 424 g/mol. The number of H-pyrrole nitrogens is 1. The normalized spacial score (nSPS) is 17.0. The third-order valence-electron chi connectivity index (χ3n) is 5.41. The first kappa shape index (κ1) is 18.3. The smallest absolute Gasteiger partial charge is 0.140 e. The summed E-state index contributed by atoms with van der Waals surface area (Å²) in [5.41, 5.74) is 2.93. The summed E-state index contributed by atoms with van der Waals surface area (Å²) in [6.07, 6.45) is 5.34. The van der Waals surface area contributed by atoms with Gasteiger partial charge in [0.05, 0.1) is 20.9 Å². The summed E-state index contributed by atoms with van der Waals surface area (Å²) in [5.74, 6) is 2.16. The van der Waals surface area contributed by atoms with Crippen LogP contribution < -0.4 is 4.90 Å². The summed E-state index contributed by atoms with van der Waals surface area (Å²) in [7, 11) is 0. The van der Waals surface area contributed by atoms with Crippen LogP contribution in [0.2, 0.25) is 10.0 Å².